The summed E-state index contributed by atoms with van der Waals surface area (Å²) in [5.74, 6) is -0.0393. The first-order chi connectivity index (χ1) is 14.7. The van der Waals surface area contributed by atoms with Crippen molar-refractivity contribution in [2.24, 2.45) is 0 Å². The Bertz CT molecular complexity index is 1240. The van der Waals surface area contributed by atoms with Crippen molar-refractivity contribution in [3.8, 4) is 22.3 Å². The third-order valence-corrected chi connectivity index (χ3v) is 5.69. The van der Waals surface area contributed by atoms with Crippen LogP contribution in [0.2, 0.25) is 0 Å². The van der Waals surface area contributed by atoms with Crippen molar-refractivity contribution in [2.45, 2.75) is 19.9 Å². The Labute approximate surface area is 176 Å². The molecular formula is C27H22N2O. The van der Waals surface area contributed by atoms with Crippen molar-refractivity contribution in [1.82, 2.24) is 10.3 Å². The van der Waals surface area contributed by atoms with Crippen molar-refractivity contribution < 1.29 is 4.79 Å². The fourth-order valence-corrected chi connectivity index (χ4v) is 4.11. The molecule has 1 N–H and O–H groups in total. The molecule has 0 saturated heterocycles. The molecule has 3 nitrogen and oxygen atoms in total. The third-order valence-electron chi connectivity index (χ3n) is 5.69. The highest BCUT2D eigenvalue weighted by Gasteiger charge is 2.19. The van der Waals surface area contributed by atoms with Crippen LogP contribution in [-0.4, -0.2) is 10.9 Å². The van der Waals surface area contributed by atoms with Crippen LogP contribution in [0.4, 0.5) is 0 Å². The molecule has 0 spiro atoms. The van der Waals surface area contributed by atoms with Crippen LogP contribution in [0.15, 0.2) is 85.1 Å². The first kappa shape index (κ1) is 18.3. The molecule has 1 aromatic heterocycles. The molecule has 0 aliphatic heterocycles. The normalized spacial score (nSPS) is 11.6. The van der Waals surface area contributed by atoms with Crippen LogP contribution in [0.5, 0.6) is 0 Å². The summed E-state index contributed by atoms with van der Waals surface area (Å²) >= 11 is 0. The summed E-state index contributed by atoms with van der Waals surface area (Å²) < 4.78 is 0. The van der Waals surface area contributed by atoms with Gasteiger partial charge in [0, 0.05) is 24.0 Å². The molecule has 146 valence electrons. The van der Waals surface area contributed by atoms with Crippen LogP contribution in [0.3, 0.4) is 0 Å². The number of rotatable bonds is 4. The van der Waals surface area contributed by atoms with E-state index in [9.17, 15) is 4.79 Å². The lowest BCUT2D eigenvalue weighted by atomic mass is 10.0. The van der Waals surface area contributed by atoms with Gasteiger partial charge in [-0.3, -0.25) is 9.78 Å². The number of nitrogens with zero attached hydrogens (tertiary/aromatic N) is 1. The second kappa shape index (κ2) is 7.60. The summed E-state index contributed by atoms with van der Waals surface area (Å²) in [5.41, 5.74) is 10.2. The van der Waals surface area contributed by atoms with Gasteiger partial charge in [0.15, 0.2) is 0 Å². The lowest BCUT2D eigenvalue weighted by Gasteiger charge is -2.09. The number of benzene rings is 3. The average Bonchev–Trinajstić information content (AvgIpc) is 3.15. The SMILES string of the molecule is Cc1cc(-c2ccc(CNC(=O)c3ccc4c(c3)Cc3ccccc3-4)cc2)ccn1. The van der Waals surface area contributed by atoms with Gasteiger partial charge in [0.2, 0.25) is 0 Å². The summed E-state index contributed by atoms with van der Waals surface area (Å²) in [6, 6.07) is 26.8. The van der Waals surface area contributed by atoms with Crippen molar-refractivity contribution in [1.29, 1.82) is 0 Å². The zero-order valence-corrected chi connectivity index (χ0v) is 16.9. The monoisotopic (exact) mass is 390 g/mol. The third kappa shape index (κ3) is 3.50. The average molecular weight is 390 g/mol. The van der Waals surface area contributed by atoms with Crippen molar-refractivity contribution in [3.05, 3.63) is 113 Å². The number of amides is 1. The maximum Gasteiger partial charge on any atom is 0.251 e. The molecule has 0 atom stereocenters. The van der Waals surface area contributed by atoms with Crippen LogP contribution < -0.4 is 5.32 Å². The van der Waals surface area contributed by atoms with Gasteiger partial charge in [0.25, 0.3) is 5.91 Å². The van der Waals surface area contributed by atoms with Crippen LogP contribution in [0.1, 0.15) is 32.7 Å². The smallest absolute Gasteiger partial charge is 0.251 e. The van der Waals surface area contributed by atoms with E-state index >= 15 is 0 Å². The Kier molecular flexibility index (Phi) is 4.64. The summed E-state index contributed by atoms with van der Waals surface area (Å²) in [4.78, 5) is 16.9. The van der Waals surface area contributed by atoms with E-state index in [1.54, 1.807) is 0 Å². The topological polar surface area (TPSA) is 42.0 Å². The molecule has 1 aliphatic carbocycles. The van der Waals surface area contributed by atoms with Crippen LogP contribution in [0, 0.1) is 6.92 Å². The molecule has 3 heteroatoms. The highest BCUT2D eigenvalue weighted by molar-refractivity contribution is 5.95. The number of hydrogen-bond donors (Lipinski definition) is 1. The largest absolute Gasteiger partial charge is 0.348 e. The van der Waals surface area contributed by atoms with Crippen LogP contribution >= 0.6 is 0 Å². The molecular weight excluding hydrogens is 368 g/mol. The van der Waals surface area contributed by atoms with E-state index in [0.29, 0.717) is 12.1 Å². The molecule has 0 unspecified atom stereocenters. The van der Waals surface area contributed by atoms with Gasteiger partial charge in [-0.05, 0) is 76.6 Å². The fraction of sp³-hybridized carbons (Fsp3) is 0.111. The molecule has 4 aromatic rings. The number of hydrogen-bond acceptors (Lipinski definition) is 2. The molecule has 1 aliphatic rings. The van der Waals surface area contributed by atoms with E-state index in [2.05, 4.69) is 71.0 Å². The molecule has 5 rings (SSSR count). The first-order valence-corrected chi connectivity index (χ1v) is 10.2. The van der Waals surface area contributed by atoms with Crippen LogP contribution in [0.25, 0.3) is 22.3 Å². The Morgan fingerprint density at radius 2 is 1.67 bits per heavy atom. The maximum absolute atomic E-state index is 12.7. The molecule has 1 heterocycles. The van der Waals surface area contributed by atoms with Gasteiger partial charge in [0.05, 0.1) is 0 Å². The van der Waals surface area contributed by atoms with Gasteiger partial charge < -0.3 is 5.32 Å². The van der Waals surface area contributed by atoms with Gasteiger partial charge in [0.1, 0.15) is 0 Å². The van der Waals surface area contributed by atoms with E-state index in [4.69, 9.17) is 0 Å². The number of nitrogens with one attached hydrogen (secondary N) is 1. The Morgan fingerprint density at radius 3 is 2.50 bits per heavy atom. The summed E-state index contributed by atoms with van der Waals surface area (Å²) in [6.07, 6.45) is 2.72. The maximum atomic E-state index is 12.7. The second-order valence-corrected chi connectivity index (χ2v) is 7.77. The molecule has 30 heavy (non-hydrogen) atoms. The minimum Gasteiger partial charge on any atom is -0.348 e. The highest BCUT2D eigenvalue weighted by atomic mass is 16.1. The lowest BCUT2D eigenvalue weighted by Crippen LogP contribution is -2.22. The van der Waals surface area contributed by atoms with Gasteiger partial charge in [-0.2, -0.15) is 0 Å². The first-order valence-electron chi connectivity index (χ1n) is 10.2. The summed E-state index contributed by atoms with van der Waals surface area (Å²) in [6.45, 7) is 2.50. The lowest BCUT2D eigenvalue weighted by molar-refractivity contribution is 0.0951. The van der Waals surface area contributed by atoms with Gasteiger partial charge in [-0.25, -0.2) is 0 Å². The minimum absolute atomic E-state index is 0.0393. The number of aromatic nitrogens is 1. The summed E-state index contributed by atoms with van der Waals surface area (Å²) in [7, 11) is 0. The molecule has 0 fully saturated rings. The molecule has 0 bridgehead atoms. The Balaban J connectivity index is 1.26. The molecule has 1 amide bonds. The Morgan fingerprint density at radius 1 is 0.867 bits per heavy atom. The number of carbonyl (C=O) groups excluding carboxylic acids is 1. The number of pyridine rings is 1. The predicted octanol–water partition coefficient (Wildman–Crippen LogP) is 5.56. The van der Waals surface area contributed by atoms with E-state index in [1.807, 2.05) is 31.3 Å². The number of fused-ring (bicyclic) bond motifs is 3. The standard InChI is InChI=1S/C27H22N2O/c1-18-14-21(12-13-28-18)20-8-6-19(7-9-20)17-29-27(30)23-10-11-26-24(16-23)15-22-4-2-3-5-25(22)26/h2-14,16H,15,17H2,1H3,(H,29,30). The van der Waals surface area contributed by atoms with Crippen molar-refractivity contribution in [3.63, 3.8) is 0 Å². The van der Waals surface area contributed by atoms with E-state index < -0.39 is 0 Å². The minimum atomic E-state index is -0.0393. The molecule has 0 radical (unpaired) electrons. The molecule has 3 aromatic carbocycles. The predicted molar refractivity (Wildman–Crippen MR) is 120 cm³/mol. The van der Waals surface area contributed by atoms with Crippen molar-refractivity contribution in [2.75, 3.05) is 0 Å². The van der Waals surface area contributed by atoms with Gasteiger partial charge >= 0.3 is 0 Å². The summed E-state index contributed by atoms with van der Waals surface area (Å²) in [5, 5.41) is 3.05. The second-order valence-electron chi connectivity index (χ2n) is 7.77. The zero-order chi connectivity index (χ0) is 20.5. The van der Waals surface area contributed by atoms with E-state index in [1.165, 1.54) is 22.3 Å². The number of aryl methyl sites for hydroxylation is 1. The van der Waals surface area contributed by atoms with Gasteiger partial charge in [-0.15, -0.1) is 0 Å². The van der Waals surface area contributed by atoms with Crippen LogP contribution in [-0.2, 0) is 13.0 Å². The fourth-order valence-electron chi connectivity index (χ4n) is 4.11. The van der Waals surface area contributed by atoms with Crippen molar-refractivity contribution >= 4 is 5.91 Å². The van der Waals surface area contributed by atoms with E-state index in [0.717, 1.165) is 28.8 Å². The Hall–Kier alpha value is -3.72. The number of carbonyl (C=O) groups is 1. The zero-order valence-electron chi connectivity index (χ0n) is 16.9. The quantitative estimate of drug-likeness (QED) is 0.437. The highest BCUT2D eigenvalue weighted by Crippen LogP contribution is 2.36. The van der Waals surface area contributed by atoms with E-state index in [-0.39, 0.29) is 5.91 Å². The molecule has 0 saturated carbocycles. The van der Waals surface area contributed by atoms with Gasteiger partial charge in [-0.1, -0.05) is 54.6 Å².